The van der Waals surface area contributed by atoms with E-state index in [-0.39, 0.29) is 5.56 Å². The molecule has 0 unspecified atom stereocenters. The molecular formula is C13H11FN2O3. The van der Waals surface area contributed by atoms with Crippen LogP contribution in [0.1, 0.15) is 10.4 Å². The number of anilines is 2. The van der Waals surface area contributed by atoms with E-state index >= 15 is 0 Å². The smallest absolute Gasteiger partial charge is 0.337 e. The van der Waals surface area contributed by atoms with Gasteiger partial charge in [-0.05, 0) is 18.2 Å². The predicted octanol–water partition coefficient (Wildman–Crippen LogP) is 2.67. The fraction of sp³-hybridized carbons (Fsp3) is 0.0769. The zero-order valence-corrected chi connectivity index (χ0v) is 10.1. The van der Waals surface area contributed by atoms with E-state index in [0.717, 1.165) is 0 Å². The predicted molar refractivity (Wildman–Crippen MR) is 67.4 cm³/mol. The van der Waals surface area contributed by atoms with E-state index in [1.807, 2.05) is 0 Å². The molecule has 0 saturated heterocycles. The van der Waals surface area contributed by atoms with E-state index in [9.17, 15) is 9.18 Å². The molecule has 0 atom stereocenters. The second kappa shape index (κ2) is 5.34. The Kier molecular flexibility index (Phi) is 3.61. The molecule has 5 nitrogen and oxygen atoms in total. The monoisotopic (exact) mass is 262 g/mol. The number of pyridine rings is 1. The van der Waals surface area contributed by atoms with Gasteiger partial charge in [0.2, 0.25) is 0 Å². The molecule has 2 N–H and O–H groups in total. The zero-order valence-electron chi connectivity index (χ0n) is 10.1. The van der Waals surface area contributed by atoms with E-state index in [1.54, 1.807) is 6.07 Å². The molecule has 1 heterocycles. The van der Waals surface area contributed by atoms with Crippen LogP contribution >= 0.6 is 0 Å². The van der Waals surface area contributed by atoms with E-state index in [4.69, 9.17) is 9.84 Å². The van der Waals surface area contributed by atoms with E-state index in [2.05, 4.69) is 10.3 Å². The Morgan fingerprint density at radius 2 is 2.16 bits per heavy atom. The summed E-state index contributed by atoms with van der Waals surface area (Å²) in [4.78, 5) is 14.6. The van der Waals surface area contributed by atoms with E-state index in [1.165, 1.54) is 37.6 Å². The summed E-state index contributed by atoms with van der Waals surface area (Å²) in [6, 6.07) is 7.06. The minimum absolute atomic E-state index is 0.0855. The SMILES string of the molecule is COc1cc(F)cc(Nc2ccc(C(=O)O)cn2)c1. The molecule has 0 aliphatic carbocycles. The van der Waals surface area contributed by atoms with Gasteiger partial charge >= 0.3 is 5.97 Å². The van der Waals surface area contributed by atoms with Gasteiger partial charge in [0.05, 0.1) is 12.7 Å². The highest BCUT2D eigenvalue weighted by atomic mass is 19.1. The van der Waals surface area contributed by atoms with Crippen LogP contribution in [0.15, 0.2) is 36.5 Å². The topological polar surface area (TPSA) is 71.5 Å². The normalized spacial score (nSPS) is 10.0. The number of carboxylic acids is 1. The van der Waals surface area contributed by atoms with Crippen LogP contribution in [0.4, 0.5) is 15.9 Å². The van der Waals surface area contributed by atoms with Crippen molar-refractivity contribution in [2.45, 2.75) is 0 Å². The average Bonchev–Trinajstić information content (AvgIpc) is 2.38. The summed E-state index contributed by atoms with van der Waals surface area (Å²) in [6.45, 7) is 0. The summed E-state index contributed by atoms with van der Waals surface area (Å²) >= 11 is 0. The third-order valence-electron chi connectivity index (χ3n) is 2.39. The molecular weight excluding hydrogens is 251 g/mol. The summed E-state index contributed by atoms with van der Waals surface area (Å²) in [5, 5.41) is 11.6. The fourth-order valence-electron chi connectivity index (χ4n) is 1.49. The summed E-state index contributed by atoms with van der Waals surface area (Å²) in [7, 11) is 1.44. The third-order valence-corrected chi connectivity index (χ3v) is 2.39. The van der Waals surface area contributed by atoms with Crippen molar-refractivity contribution in [1.82, 2.24) is 4.98 Å². The molecule has 0 saturated carbocycles. The maximum absolute atomic E-state index is 13.3. The number of ether oxygens (including phenoxy) is 1. The van der Waals surface area contributed by atoms with Crippen LogP contribution < -0.4 is 10.1 Å². The van der Waals surface area contributed by atoms with Crippen LogP contribution in [0, 0.1) is 5.82 Å². The van der Waals surface area contributed by atoms with Gasteiger partial charge in [-0.3, -0.25) is 0 Å². The Morgan fingerprint density at radius 1 is 1.37 bits per heavy atom. The number of halogens is 1. The van der Waals surface area contributed by atoms with Crippen molar-refractivity contribution in [2.24, 2.45) is 0 Å². The summed E-state index contributed by atoms with van der Waals surface area (Å²) in [5.41, 5.74) is 0.551. The van der Waals surface area contributed by atoms with Crippen molar-refractivity contribution in [2.75, 3.05) is 12.4 Å². The Labute approximate surface area is 108 Å². The maximum Gasteiger partial charge on any atom is 0.337 e. The van der Waals surface area contributed by atoms with Crippen LogP contribution in [0.3, 0.4) is 0 Å². The van der Waals surface area contributed by atoms with Gasteiger partial charge in [0.15, 0.2) is 0 Å². The fourth-order valence-corrected chi connectivity index (χ4v) is 1.49. The lowest BCUT2D eigenvalue weighted by Crippen LogP contribution is -1.99. The van der Waals surface area contributed by atoms with Crippen molar-refractivity contribution in [3.05, 3.63) is 47.9 Å². The van der Waals surface area contributed by atoms with Crippen LogP contribution in [-0.4, -0.2) is 23.2 Å². The number of methoxy groups -OCH3 is 1. The number of benzene rings is 1. The largest absolute Gasteiger partial charge is 0.497 e. The van der Waals surface area contributed by atoms with Gasteiger partial charge in [-0.2, -0.15) is 0 Å². The molecule has 6 heteroatoms. The Bertz CT molecular complexity index is 599. The molecule has 0 fully saturated rings. The lowest BCUT2D eigenvalue weighted by atomic mass is 10.2. The number of hydrogen-bond donors (Lipinski definition) is 2. The lowest BCUT2D eigenvalue weighted by molar-refractivity contribution is 0.0696. The first-order valence-corrected chi connectivity index (χ1v) is 5.39. The first kappa shape index (κ1) is 12.8. The quantitative estimate of drug-likeness (QED) is 0.886. The first-order chi connectivity index (χ1) is 9.08. The molecule has 1 aromatic carbocycles. The molecule has 0 aliphatic heterocycles. The first-order valence-electron chi connectivity index (χ1n) is 5.39. The second-order valence-electron chi connectivity index (χ2n) is 3.74. The van der Waals surface area contributed by atoms with E-state index in [0.29, 0.717) is 17.3 Å². The average molecular weight is 262 g/mol. The van der Waals surface area contributed by atoms with Crippen LogP contribution in [0.25, 0.3) is 0 Å². The molecule has 98 valence electrons. The van der Waals surface area contributed by atoms with Gasteiger partial charge < -0.3 is 15.2 Å². The molecule has 0 radical (unpaired) electrons. The summed E-state index contributed by atoms with van der Waals surface area (Å²) < 4.78 is 18.2. The lowest BCUT2D eigenvalue weighted by Gasteiger charge is -2.08. The van der Waals surface area contributed by atoms with Crippen molar-refractivity contribution < 1.29 is 19.0 Å². The summed E-state index contributed by atoms with van der Waals surface area (Å²) in [5.74, 6) is -0.696. The second-order valence-corrected chi connectivity index (χ2v) is 3.74. The maximum atomic E-state index is 13.3. The zero-order chi connectivity index (χ0) is 13.8. The Balaban J connectivity index is 2.21. The van der Waals surface area contributed by atoms with Crippen molar-refractivity contribution in [3.8, 4) is 5.75 Å². The molecule has 0 aliphatic rings. The number of aromatic nitrogens is 1. The molecule has 0 spiro atoms. The number of carboxylic acid groups (broad SMARTS) is 1. The van der Waals surface area contributed by atoms with E-state index < -0.39 is 11.8 Å². The van der Waals surface area contributed by atoms with Crippen LogP contribution in [0.5, 0.6) is 5.75 Å². The van der Waals surface area contributed by atoms with Crippen molar-refractivity contribution in [1.29, 1.82) is 0 Å². The van der Waals surface area contributed by atoms with Crippen molar-refractivity contribution >= 4 is 17.5 Å². The molecule has 19 heavy (non-hydrogen) atoms. The highest BCUT2D eigenvalue weighted by Gasteiger charge is 2.05. The van der Waals surface area contributed by atoms with Gasteiger partial charge in [-0.25, -0.2) is 14.2 Å². The molecule has 0 amide bonds. The molecule has 2 aromatic rings. The number of carbonyl (C=O) groups is 1. The molecule has 0 bridgehead atoms. The highest BCUT2D eigenvalue weighted by molar-refractivity contribution is 5.87. The van der Waals surface area contributed by atoms with Gasteiger partial charge in [-0.1, -0.05) is 0 Å². The highest BCUT2D eigenvalue weighted by Crippen LogP contribution is 2.22. The van der Waals surface area contributed by atoms with Crippen molar-refractivity contribution in [3.63, 3.8) is 0 Å². The van der Waals surface area contributed by atoms with Crippen LogP contribution in [-0.2, 0) is 0 Å². The van der Waals surface area contributed by atoms with Gasteiger partial charge in [0.1, 0.15) is 17.4 Å². The van der Waals surface area contributed by atoms with Gasteiger partial charge in [0, 0.05) is 24.0 Å². The molecule has 2 rings (SSSR count). The standard InChI is InChI=1S/C13H11FN2O3/c1-19-11-5-9(14)4-10(6-11)16-12-3-2-8(7-15-12)13(17)18/h2-7H,1H3,(H,15,16)(H,17,18). The number of aromatic carboxylic acids is 1. The Morgan fingerprint density at radius 3 is 2.74 bits per heavy atom. The van der Waals surface area contributed by atoms with Crippen LogP contribution in [0.2, 0.25) is 0 Å². The number of nitrogens with one attached hydrogen (secondary N) is 1. The van der Waals surface area contributed by atoms with Gasteiger partial charge in [-0.15, -0.1) is 0 Å². The number of hydrogen-bond acceptors (Lipinski definition) is 4. The number of nitrogens with zero attached hydrogens (tertiary/aromatic N) is 1. The summed E-state index contributed by atoms with van der Waals surface area (Å²) in [6.07, 6.45) is 1.22. The minimum Gasteiger partial charge on any atom is -0.497 e. The third kappa shape index (κ3) is 3.19. The number of rotatable bonds is 4. The Hall–Kier alpha value is -2.63. The molecule has 1 aromatic heterocycles. The van der Waals surface area contributed by atoms with Gasteiger partial charge in [0.25, 0.3) is 0 Å². The minimum atomic E-state index is -1.05.